The van der Waals surface area contributed by atoms with E-state index in [0.717, 1.165) is 17.0 Å². The smallest absolute Gasteiger partial charge is 0.242 e. The Labute approximate surface area is 113 Å². The molecule has 19 heavy (non-hydrogen) atoms. The third-order valence-electron chi connectivity index (χ3n) is 3.20. The lowest BCUT2D eigenvalue weighted by atomic mass is 10.2. The Morgan fingerprint density at radius 2 is 2.16 bits per heavy atom. The van der Waals surface area contributed by atoms with Crippen molar-refractivity contribution in [1.82, 2.24) is 4.90 Å². The van der Waals surface area contributed by atoms with Crippen molar-refractivity contribution in [3.8, 4) is 5.75 Å². The summed E-state index contributed by atoms with van der Waals surface area (Å²) >= 11 is 0. The lowest BCUT2D eigenvalue weighted by Crippen LogP contribution is -2.43. The van der Waals surface area contributed by atoms with E-state index in [-0.39, 0.29) is 5.91 Å². The Morgan fingerprint density at radius 3 is 2.79 bits per heavy atom. The normalized spacial score (nSPS) is 15.2. The summed E-state index contributed by atoms with van der Waals surface area (Å²) in [6, 6.07) is 5.79. The Balaban J connectivity index is 1.87. The number of nitrogens with zero attached hydrogens (tertiary/aromatic N) is 1. The van der Waals surface area contributed by atoms with Gasteiger partial charge in [0.15, 0.2) is 0 Å². The molecule has 1 amide bonds. The van der Waals surface area contributed by atoms with Gasteiger partial charge in [-0.25, -0.2) is 0 Å². The topological polar surface area (TPSA) is 50.8 Å². The van der Waals surface area contributed by atoms with E-state index in [9.17, 15) is 4.79 Å². The van der Waals surface area contributed by atoms with Gasteiger partial charge in [0, 0.05) is 18.8 Å². The molecule has 1 aliphatic rings. The third kappa shape index (κ3) is 3.61. The summed E-state index contributed by atoms with van der Waals surface area (Å²) < 4.78 is 10.4. The quantitative estimate of drug-likeness (QED) is 0.890. The van der Waals surface area contributed by atoms with E-state index in [1.54, 1.807) is 7.11 Å². The average molecular weight is 264 g/mol. The molecule has 5 heteroatoms. The van der Waals surface area contributed by atoms with Crippen molar-refractivity contribution in [3.05, 3.63) is 23.8 Å². The van der Waals surface area contributed by atoms with Gasteiger partial charge in [0.2, 0.25) is 5.91 Å². The molecule has 0 radical (unpaired) electrons. The maximum absolute atomic E-state index is 12.0. The van der Waals surface area contributed by atoms with Crippen LogP contribution >= 0.6 is 0 Å². The fraction of sp³-hybridized carbons (Fsp3) is 0.500. The van der Waals surface area contributed by atoms with Crippen LogP contribution in [0.1, 0.15) is 5.56 Å². The second-order valence-electron chi connectivity index (χ2n) is 4.53. The summed E-state index contributed by atoms with van der Waals surface area (Å²) in [5, 5.41) is 3.15. The number of hydrogen-bond acceptors (Lipinski definition) is 4. The van der Waals surface area contributed by atoms with Gasteiger partial charge in [-0.05, 0) is 30.7 Å². The van der Waals surface area contributed by atoms with Gasteiger partial charge in [0.05, 0.1) is 26.9 Å². The second kappa shape index (κ2) is 6.43. The maximum atomic E-state index is 12.0. The van der Waals surface area contributed by atoms with Crippen molar-refractivity contribution in [1.29, 1.82) is 0 Å². The molecule has 1 heterocycles. The SMILES string of the molecule is COc1ccc(NCC(=O)N2CCOCC2)cc1C. The van der Waals surface area contributed by atoms with Crippen LogP contribution in [0.5, 0.6) is 5.75 Å². The number of amides is 1. The van der Waals surface area contributed by atoms with Crippen LogP contribution in [-0.2, 0) is 9.53 Å². The average Bonchev–Trinajstić information content (AvgIpc) is 2.46. The maximum Gasteiger partial charge on any atom is 0.242 e. The van der Waals surface area contributed by atoms with E-state index < -0.39 is 0 Å². The number of anilines is 1. The van der Waals surface area contributed by atoms with Crippen molar-refractivity contribution in [2.75, 3.05) is 45.3 Å². The zero-order chi connectivity index (χ0) is 13.7. The predicted molar refractivity (Wildman–Crippen MR) is 73.6 cm³/mol. The van der Waals surface area contributed by atoms with Crippen molar-refractivity contribution in [3.63, 3.8) is 0 Å². The number of aryl methyl sites for hydroxylation is 1. The first-order valence-corrected chi connectivity index (χ1v) is 6.45. The molecule has 0 unspecified atom stereocenters. The molecule has 0 spiro atoms. The van der Waals surface area contributed by atoms with Crippen LogP contribution in [0.2, 0.25) is 0 Å². The van der Waals surface area contributed by atoms with Gasteiger partial charge >= 0.3 is 0 Å². The molecule has 0 bridgehead atoms. The summed E-state index contributed by atoms with van der Waals surface area (Å²) in [6.07, 6.45) is 0. The molecular weight excluding hydrogens is 244 g/mol. The number of ether oxygens (including phenoxy) is 2. The minimum absolute atomic E-state index is 0.108. The molecule has 0 aliphatic carbocycles. The van der Waals surface area contributed by atoms with Crippen molar-refractivity contribution in [2.24, 2.45) is 0 Å². The standard InChI is InChI=1S/C14H20N2O3/c1-11-9-12(3-4-13(11)18-2)15-10-14(17)16-5-7-19-8-6-16/h3-4,9,15H,5-8,10H2,1-2H3. The highest BCUT2D eigenvalue weighted by Crippen LogP contribution is 2.21. The molecule has 1 fully saturated rings. The van der Waals surface area contributed by atoms with Crippen LogP contribution in [-0.4, -0.2) is 50.8 Å². The second-order valence-corrected chi connectivity index (χ2v) is 4.53. The highest BCUT2D eigenvalue weighted by molar-refractivity contribution is 5.81. The number of hydrogen-bond donors (Lipinski definition) is 1. The van der Waals surface area contributed by atoms with E-state index in [1.165, 1.54) is 0 Å². The summed E-state index contributed by atoms with van der Waals surface area (Å²) in [6.45, 7) is 4.92. The van der Waals surface area contributed by atoms with E-state index in [1.807, 2.05) is 30.0 Å². The Kier molecular flexibility index (Phi) is 4.63. The number of carbonyl (C=O) groups excluding carboxylic acids is 1. The Morgan fingerprint density at radius 1 is 1.42 bits per heavy atom. The van der Waals surface area contributed by atoms with Crippen LogP contribution in [0, 0.1) is 6.92 Å². The van der Waals surface area contributed by atoms with Gasteiger partial charge in [-0.15, -0.1) is 0 Å². The minimum Gasteiger partial charge on any atom is -0.496 e. The molecule has 2 rings (SSSR count). The predicted octanol–water partition coefficient (Wildman–Crippen LogP) is 1.27. The van der Waals surface area contributed by atoms with Crippen LogP contribution in [0.15, 0.2) is 18.2 Å². The number of benzene rings is 1. The van der Waals surface area contributed by atoms with E-state index in [4.69, 9.17) is 9.47 Å². The third-order valence-corrected chi connectivity index (χ3v) is 3.20. The Hall–Kier alpha value is -1.75. The number of methoxy groups -OCH3 is 1. The molecular formula is C14H20N2O3. The highest BCUT2D eigenvalue weighted by Gasteiger charge is 2.16. The van der Waals surface area contributed by atoms with Gasteiger partial charge in [-0.2, -0.15) is 0 Å². The number of nitrogens with one attached hydrogen (secondary N) is 1. The summed E-state index contributed by atoms with van der Waals surface area (Å²) in [4.78, 5) is 13.8. The van der Waals surface area contributed by atoms with Crippen LogP contribution in [0.25, 0.3) is 0 Å². The molecule has 5 nitrogen and oxygen atoms in total. The van der Waals surface area contributed by atoms with E-state index in [0.29, 0.717) is 32.8 Å². The summed E-state index contributed by atoms with van der Waals surface area (Å²) in [5.74, 6) is 0.960. The highest BCUT2D eigenvalue weighted by atomic mass is 16.5. The first kappa shape index (κ1) is 13.7. The molecule has 1 aromatic rings. The zero-order valence-corrected chi connectivity index (χ0v) is 11.4. The monoisotopic (exact) mass is 264 g/mol. The van der Waals surface area contributed by atoms with Gasteiger partial charge in [-0.1, -0.05) is 0 Å². The molecule has 1 N–H and O–H groups in total. The minimum atomic E-state index is 0.108. The van der Waals surface area contributed by atoms with Gasteiger partial charge < -0.3 is 19.7 Å². The Bertz CT molecular complexity index is 442. The molecule has 0 saturated carbocycles. The van der Waals surface area contributed by atoms with Crippen LogP contribution < -0.4 is 10.1 Å². The lowest BCUT2D eigenvalue weighted by Gasteiger charge is -2.27. The molecule has 0 atom stereocenters. The fourth-order valence-electron chi connectivity index (χ4n) is 2.09. The molecule has 0 aromatic heterocycles. The lowest BCUT2D eigenvalue weighted by molar-refractivity contribution is -0.133. The number of rotatable bonds is 4. The molecule has 1 saturated heterocycles. The van der Waals surface area contributed by atoms with Gasteiger partial charge in [0.25, 0.3) is 0 Å². The number of carbonyl (C=O) groups is 1. The van der Waals surface area contributed by atoms with Gasteiger partial charge in [-0.3, -0.25) is 4.79 Å². The summed E-state index contributed by atoms with van der Waals surface area (Å²) in [7, 11) is 1.65. The van der Waals surface area contributed by atoms with Crippen LogP contribution in [0.4, 0.5) is 5.69 Å². The summed E-state index contributed by atoms with van der Waals surface area (Å²) in [5.41, 5.74) is 1.98. The van der Waals surface area contributed by atoms with Crippen molar-refractivity contribution in [2.45, 2.75) is 6.92 Å². The van der Waals surface area contributed by atoms with Crippen molar-refractivity contribution < 1.29 is 14.3 Å². The van der Waals surface area contributed by atoms with Crippen molar-refractivity contribution >= 4 is 11.6 Å². The molecule has 104 valence electrons. The first-order chi connectivity index (χ1) is 9.20. The fourth-order valence-corrected chi connectivity index (χ4v) is 2.09. The van der Waals surface area contributed by atoms with E-state index >= 15 is 0 Å². The molecule has 1 aliphatic heterocycles. The number of morpholine rings is 1. The largest absolute Gasteiger partial charge is 0.496 e. The van der Waals surface area contributed by atoms with E-state index in [2.05, 4.69) is 5.32 Å². The van der Waals surface area contributed by atoms with Crippen LogP contribution in [0.3, 0.4) is 0 Å². The molecule has 1 aromatic carbocycles. The zero-order valence-electron chi connectivity index (χ0n) is 11.4. The first-order valence-electron chi connectivity index (χ1n) is 6.45. The van der Waals surface area contributed by atoms with Gasteiger partial charge in [0.1, 0.15) is 5.75 Å².